The number of methoxy groups -OCH3 is 1. The Morgan fingerprint density at radius 2 is 2.29 bits per heavy atom. The van der Waals surface area contributed by atoms with Crippen molar-refractivity contribution >= 4 is 11.6 Å². The number of aromatic amines is 1. The van der Waals surface area contributed by atoms with Crippen molar-refractivity contribution in [2.45, 2.75) is 12.5 Å². The van der Waals surface area contributed by atoms with E-state index < -0.39 is 0 Å². The predicted molar refractivity (Wildman–Crippen MR) is 109 cm³/mol. The maximum atomic E-state index is 12.2. The molecule has 1 fully saturated rings. The molecule has 1 saturated heterocycles. The monoisotopic (exact) mass is 383 g/mol. The predicted octanol–water partition coefficient (Wildman–Crippen LogP) is 1.23. The van der Waals surface area contributed by atoms with Crippen LogP contribution in [0.3, 0.4) is 0 Å². The second-order valence-electron chi connectivity index (χ2n) is 6.59. The molecule has 0 spiro atoms. The summed E-state index contributed by atoms with van der Waals surface area (Å²) in [6.45, 7) is 1.89. The lowest BCUT2D eigenvalue weighted by molar-refractivity contribution is -0.125. The average molecular weight is 383 g/mol. The van der Waals surface area contributed by atoms with Crippen molar-refractivity contribution in [2.75, 3.05) is 39.1 Å². The Kier molecular flexibility index (Phi) is 6.44. The van der Waals surface area contributed by atoms with Gasteiger partial charge in [-0.2, -0.15) is 0 Å². The van der Waals surface area contributed by atoms with Gasteiger partial charge < -0.3 is 25.3 Å². The van der Waals surface area contributed by atoms with Crippen LogP contribution in [0.2, 0.25) is 0 Å². The van der Waals surface area contributed by atoms with Gasteiger partial charge in [-0.05, 0) is 31.2 Å². The van der Waals surface area contributed by atoms with Crippen LogP contribution in [0, 0.1) is 0 Å². The van der Waals surface area contributed by atoms with E-state index in [1.54, 1.807) is 36.6 Å². The summed E-state index contributed by atoms with van der Waals surface area (Å²) < 4.78 is 5.16. The summed E-state index contributed by atoms with van der Waals surface area (Å²) in [5.41, 5.74) is 2.04. The molecule has 148 valence electrons. The van der Waals surface area contributed by atoms with E-state index in [4.69, 9.17) is 4.74 Å². The third-order valence-corrected chi connectivity index (χ3v) is 4.62. The summed E-state index contributed by atoms with van der Waals surface area (Å²) in [5, 5.41) is 6.25. The Morgan fingerprint density at radius 1 is 1.43 bits per heavy atom. The second kappa shape index (κ2) is 9.18. The largest absolute Gasteiger partial charge is 0.481 e. The number of hydrogen-bond donors (Lipinski definition) is 3. The van der Waals surface area contributed by atoms with Crippen LogP contribution >= 0.6 is 0 Å². The smallest absolute Gasteiger partial charge is 0.271 e. The Hall–Kier alpha value is -3.13. The van der Waals surface area contributed by atoms with E-state index in [0.29, 0.717) is 31.2 Å². The molecule has 0 aliphatic carbocycles. The zero-order valence-electron chi connectivity index (χ0n) is 16.1. The van der Waals surface area contributed by atoms with Crippen LogP contribution in [-0.2, 0) is 4.79 Å². The molecule has 1 aliphatic heterocycles. The lowest BCUT2D eigenvalue weighted by Crippen LogP contribution is -2.31. The highest BCUT2D eigenvalue weighted by Gasteiger charge is 2.25. The molecule has 0 radical (unpaired) electrons. The van der Waals surface area contributed by atoms with Gasteiger partial charge in [-0.1, -0.05) is 6.08 Å². The van der Waals surface area contributed by atoms with Gasteiger partial charge in [0.25, 0.3) is 5.56 Å². The van der Waals surface area contributed by atoms with Gasteiger partial charge in [-0.15, -0.1) is 0 Å². The number of anilines is 1. The van der Waals surface area contributed by atoms with E-state index in [9.17, 15) is 9.59 Å². The fourth-order valence-corrected chi connectivity index (χ4v) is 3.14. The molecule has 2 aromatic heterocycles. The molecule has 8 nitrogen and oxygen atoms in total. The van der Waals surface area contributed by atoms with E-state index in [2.05, 4.69) is 20.6 Å². The fraction of sp³-hybridized carbons (Fsp3) is 0.350. The zero-order valence-corrected chi connectivity index (χ0v) is 16.1. The summed E-state index contributed by atoms with van der Waals surface area (Å²) in [5.74, 6) is 0.501. The number of amides is 1. The second-order valence-corrected chi connectivity index (χ2v) is 6.59. The van der Waals surface area contributed by atoms with Crippen molar-refractivity contribution in [1.29, 1.82) is 0 Å². The summed E-state index contributed by atoms with van der Waals surface area (Å²) in [7, 11) is 3.39. The number of nitrogens with zero attached hydrogens (tertiary/aromatic N) is 2. The molecule has 28 heavy (non-hydrogen) atoms. The quantitative estimate of drug-likeness (QED) is 0.622. The maximum absolute atomic E-state index is 12.2. The number of ether oxygens (including phenoxy) is 1. The molecule has 3 heterocycles. The Morgan fingerprint density at radius 3 is 3.07 bits per heavy atom. The highest BCUT2D eigenvalue weighted by atomic mass is 16.5. The molecule has 0 aromatic carbocycles. The van der Waals surface area contributed by atoms with Gasteiger partial charge in [-0.25, -0.2) is 4.98 Å². The average Bonchev–Trinajstić information content (AvgIpc) is 3.18. The number of aromatic nitrogens is 2. The molecule has 8 heteroatoms. The number of likely N-dealkylation sites (N-methyl/N-ethyl adjacent to an activating group) is 1. The number of H-pyrrole nitrogens is 1. The van der Waals surface area contributed by atoms with E-state index in [1.165, 1.54) is 0 Å². The minimum Gasteiger partial charge on any atom is -0.481 e. The minimum absolute atomic E-state index is 0.00825. The van der Waals surface area contributed by atoms with Crippen molar-refractivity contribution in [2.24, 2.45) is 0 Å². The third kappa shape index (κ3) is 4.77. The van der Waals surface area contributed by atoms with E-state index >= 15 is 0 Å². The van der Waals surface area contributed by atoms with Gasteiger partial charge in [-0.3, -0.25) is 9.59 Å². The van der Waals surface area contributed by atoms with Gasteiger partial charge in [0, 0.05) is 55.8 Å². The number of pyridine rings is 2. The summed E-state index contributed by atoms with van der Waals surface area (Å²) in [6.07, 6.45) is 7.51. The van der Waals surface area contributed by atoms with Gasteiger partial charge >= 0.3 is 0 Å². The molecule has 1 atom stereocenters. The number of nitrogens with one attached hydrogen (secondary N) is 3. The lowest BCUT2D eigenvalue weighted by Gasteiger charge is -2.16. The summed E-state index contributed by atoms with van der Waals surface area (Å²) in [6, 6.07) is 5.51. The van der Waals surface area contributed by atoms with Gasteiger partial charge in [0.05, 0.1) is 7.11 Å². The fourth-order valence-electron chi connectivity index (χ4n) is 3.14. The standard InChI is InChI=1S/C20H25N5O3/c1-21-7-3-4-19(26)25-9-6-16(13-25)24-17-10-15(12-23-20(17)27)14-5-8-22-18(11-14)28-2/h3-5,8,10-12,16,21,24H,6-7,9,13H2,1-2H3,(H,23,27)/b4-3+/t16-/m0/s1. The van der Waals surface area contributed by atoms with Crippen LogP contribution in [0.1, 0.15) is 6.42 Å². The zero-order chi connectivity index (χ0) is 19.9. The number of likely N-dealkylation sites (tertiary alicyclic amines) is 1. The highest BCUT2D eigenvalue weighted by Crippen LogP contribution is 2.23. The maximum Gasteiger partial charge on any atom is 0.271 e. The number of carbonyl (C=O) groups excluding carboxylic acids is 1. The molecule has 0 bridgehead atoms. The van der Waals surface area contributed by atoms with Crippen molar-refractivity contribution in [3.05, 3.63) is 53.1 Å². The molecule has 0 unspecified atom stereocenters. The van der Waals surface area contributed by atoms with Crippen LogP contribution in [-0.4, -0.2) is 60.6 Å². The number of hydrogen-bond acceptors (Lipinski definition) is 6. The topological polar surface area (TPSA) is 99.3 Å². The van der Waals surface area contributed by atoms with Gasteiger partial charge in [0.1, 0.15) is 5.69 Å². The summed E-state index contributed by atoms with van der Waals surface area (Å²) in [4.78, 5) is 33.1. The molecule has 1 aliphatic rings. The highest BCUT2D eigenvalue weighted by molar-refractivity contribution is 5.87. The van der Waals surface area contributed by atoms with Crippen LogP contribution in [0.5, 0.6) is 5.88 Å². The summed E-state index contributed by atoms with van der Waals surface area (Å²) >= 11 is 0. The molecule has 2 aromatic rings. The van der Waals surface area contributed by atoms with Crippen LogP contribution in [0.4, 0.5) is 5.69 Å². The number of rotatable bonds is 7. The molecule has 3 rings (SSSR count). The first-order chi connectivity index (χ1) is 13.6. The molecule has 3 N–H and O–H groups in total. The lowest BCUT2D eigenvalue weighted by atomic mass is 10.1. The van der Waals surface area contributed by atoms with Crippen LogP contribution < -0.4 is 20.9 Å². The van der Waals surface area contributed by atoms with Crippen LogP contribution in [0.25, 0.3) is 11.1 Å². The van der Waals surface area contributed by atoms with Crippen molar-refractivity contribution in [3.63, 3.8) is 0 Å². The van der Waals surface area contributed by atoms with E-state index in [-0.39, 0.29) is 17.5 Å². The first kappa shape index (κ1) is 19.6. The van der Waals surface area contributed by atoms with Crippen molar-refractivity contribution < 1.29 is 9.53 Å². The van der Waals surface area contributed by atoms with Crippen LogP contribution in [0.15, 0.2) is 47.5 Å². The number of carbonyl (C=O) groups is 1. The Bertz CT molecular complexity index is 909. The van der Waals surface area contributed by atoms with Gasteiger partial charge in [0.2, 0.25) is 11.8 Å². The molecular formula is C20H25N5O3. The Labute approximate surface area is 163 Å². The van der Waals surface area contributed by atoms with Crippen molar-refractivity contribution in [3.8, 4) is 17.0 Å². The van der Waals surface area contributed by atoms with E-state index in [1.807, 2.05) is 25.2 Å². The third-order valence-electron chi connectivity index (χ3n) is 4.62. The Balaban J connectivity index is 1.69. The van der Waals surface area contributed by atoms with Gasteiger partial charge in [0.15, 0.2) is 0 Å². The first-order valence-corrected chi connectivity index (χ1v) is 9.20. The molecule has 1 amide bonds. The first-order valence-electron chi connectivity index (χ1n) is 9.20. The molecule has 0 saturated carbocycles. The van der Waals surface area contributed by atoms with Crippen molar-refractivity contribution in [1.82, 2.24) is 20.2 Å². The SMILES string of the molecule is CNC/C=C/C(=O)N1CC[C@H](Nc2cc(-c3ccnc(OC)c3)c[nH]c2=O)C1. The normalized spacial score (nSPS) is 16.5. The van der Waals surface area contributed by atoms with E-state index in [0.717, 1.165) is 17.5 Å². The molecular weight excluding hydrogens is 358 g/mol. The minimum atomic E-state index is -0.191.